The molecule has 2 aromatic carbocycles. The number of carbonyl (C=O) groups excluding carboxylic acids is 1. The Morgan fingerprint density at radius 1 is 1.07 bits per heavy atom. The molecule has 1 atom stereocenters. The van der Waals surface area contributed by atoms with Crippen LogP contribution in [0.15, 0.2) is 48.5 Å². The molecule has 1 unspecified atom stereocenters. The molecule has 0 aromatic heterocycles. The van der Waals surface area contributed by atoms with Gasteiger partial charge in [0.15, 0.2) is 0 Å². The number of amides is 2. The first-order valence-corrected chi connectivity index (χ1v) is 9.60. The lowest BCUT2D eigenvalue weighted by Crippen LogP contribution is -2.50. The normalized spacial score (nSPS) is 15.3. The van der Waals surface area contributed by atoms with Crippen LogP contribution >= 0.6 is 0 Å². The monoisotopic (exact) mass is 369 g/mol. The van der Waals surface area contributed by atoms with E-state index < -0.39 is 0 Å². The van der Waals surface area contributed by atoms with Crippen molar-refractivity contribution >= 4 is 6.03 Å². The van der Waals surface area contributed by atoms with E-state index in [4.69, 9.17) is 0 Å². The zero-order valence-corrected chi connectivity index (χ0v) is 16.0. The highest BCUT2D eigenvalue weighted by Crippen LogP contribution is 2.22. The van der Waals surface area contributed by atoms with E-state index in [9.17, 15) is 9.18 Å². The van der Waals surface area contributed by atoms with Gasteiger partial charge in [-0.2, -0.15) is 0 Å². The number of hydrogen-bond acceptors (Lipinski definition) is 2. The minimum absolute atomic E-state index is 0.192. The van der Waals surface area contributed by atoms with Gasteiger partial charge in [-0.15, -0.1) is 0 Å². The van der Waals surface area contributed by atoms with Crippen molar-refractivity contribution in [2.45, 2.75) is 39.4 Å². The van der Waals surface area contributed by atoms with Crippen molar-refractivity contribution in [2.24, 2.45) is 5.92 Å². The molecular formula is C22H28FN3O. The molecule has 5 heteroatoms. The number of hydrogen-bond donors (Lipinski definition) is 2. The molecule has 144 valence electrons. The maximum atomic E-state index is 12.9. The Bertz CT molecular complexity index is 760. The van der Waals surface area contributed by atoms with Gasteiger partial charge in [-0.1, -0.05) is 50.2 Å². The van der Waals surface area contributed by atoms with Gasteiger partial charge in [0.05, 0.1) is 0 Å². The highest BCUT2D eigenvalue weighted by atomic mass is 19.1. The molecule has 2 amide bonds. The predicted molar refractivity (Wildman–Crippen MR) is 106 cm³/mol. The molecule has 2 aromatic rings. The second kappa shape index (κ2) is 9.00. The van der Waals surface area contributed by atoms with Crippen molar-refractivity contribution in [2.75, 3.05) is 13.1 Å². The Morgan fingerprint density at radius 3 is 2.48 bits per heavy atom. The van der Waals surface area contributed by atoms with Gasteiger partial charge in [0, 0.05) is 32.2 Å². The molecule has 27 heavy (non-hydrogen) atoms. The van der Waals surface area contributed by atoms with Crippen LogP contribution in [-0.2, 0) is 19.5 Å². The van der Waals surface area contributed by atoms with Gasteiger partial charge in [-0.25, -0.2) is 9.18 Å². The van der Waals surface area contributed by atoms with Crippen LogP contribution in [-0.4, -0.2) is 30.1 Å². The SMILES string of the molecule is CC(C)C(CNC(=O)NCc1ccc(F)cc1)N1CCc2ccccc2C1. The van der Waals surface area contributed by atoms with Crippen molar-refractivity contribution < 1.29 is 9.18 Å². The van der Waals surface area contributed by atoms with Crippen molar-refractivity contribution in [1.82, 2.24) is 15.5 Å². The van der Waals surface area contributed by atoms with Crippen molar-refractivity contribution in [3.05, 3.63) is 71.0 Å². The summed E-state index contributed by atoms with van der Waals surface area (Å²) >= 11 is 0. The number of nitrogens with one attached hydrogen (secondary N) is 2. The second-order valence-corrected chi connectivity index (χ2v) is 7.49. The summed E-state index contributed by atoms with van der Waals surface area (Å²) in [6.07, 6.45) is 1.05. The molecule has 0 fully saturated rings. The molecule has 0 spiro atoms. The number of benzene rings is 2. The molecule has 1 aliphatic heterocycles. The van der Waals surface area contributed by atoms with E-state index in [0.29, 0.717) is 19.0 Å². The fourth-order valence-electron chi connectivity index (χ4n) is 3.63. The largest absolute Gasteiger partial charge is 0.337 e. The van der Waals surface area contributed by atoms with E-state index in [-0.39, 0.29) is 17.9 Å². The summed E-state index contributed by atoms with van der Waals surface area (Å²) in [5.41, 5.74) is 3.69. The van der Waals surface area contributed by atoms with E-state index in [1.54, 1.807) is 12.1 Å². The maximum absolute atomic E-state index is 12.9. The standard InChI is InChI=1S/C22H28FN3O/c1-16(2)21(26-12-11-18-5-3-4-6-19(18)15-26)14-25-22(27)24-13-17-7-9-20(23)10-8-17/h3-10,16,21H,11-15H2,1-2H3,(H2,24,25,27). The summed E-state index contributed by atoms with van der Waals surface area (Å²) in [6, 6.07) is 14.8. The number of carbonyl (C=O) groups is 1. The second-order valence-electron chi connectivity index (χ2n) is 7.49. The van der Waals surface area contributed by atoms with Gasteiger partial charge in [0.2, 0.25) is 0 Å². The van der Waals surface area contributed by atoms with Gasteiger partial charge in [-0.05, 0) is 41.2 Å². The van der Waals surface area contributed by atoms with Crippen molar-refractivity contribution in [3.8, 4) is 0 Å². The third-order valence-electron chi connectivity index (χ3n) is 5.24. The topological polar surface area (TPSA) is 44.4 Å². The molecule has 0 radical (unpaired) electrons. The average Bonchev–Trinajstić information content (AvgIpc) is 2.67. The molecular weight excluding hydrogens is 341 g/mol. The molecule has 0 aliphatic carbocycles. The van der Waals surface area contributed by atoms with Crippen molar-refractivity contribution in [1.29, 1.82) is 0 Å². The van der Waals surface area contributed by atoms with E-state index in [2.05, 4.69) is 53.6 Å². The average molecular weight is 369 g/mol. The summed E-state index contributed by atoms with van der Waals surface area (Å²) in [5.74, 6) is 0.166. The summed E-state index contributed by atoms with van der Waals surface area (Å²) in [5, 5.41) is 5.84. The lowest BCUT2D eigenvalue weighted by molar-refractivity contribution is 0.137. The zero-order chi connectivity index (χ0) is 19.2. The lowest BCUT2D eigenvalue weighted by Gasteiger charge is -2.38. The lowest BCUT2D eigenvalue weighted by atomic mass is 9.95. The molecule has 0 saturated heterocycles. The molecule has 2 N–H and O–H groups in total. The van der Waals surface area contributed by atoms with Crippen LogP contribution in [0.1, 0.15) is 30.5 Å². The van der Waals surface area contributed by atoms with E-state index in [0.717, 1.165) is 25.1 Å². The van der Waals surface area contributed by atoms with Gasteiger partial charge in [-0.3, -0.25) is 4.90 Å². The highest BCUT2D eigenvalue weighted by molar-refractivity contribution is 5.73. The first-order valence-electron chi connectivity index (χ1n) is 9.60. The molecule has 3 rings (SSSR count). The maximum Gasteiger partial charge on any atom is 0.315 e. The van der Waals surface area contributed by atoms with Crippen molar-refractivity contribution in [3.63, 3.8) is 0 Å². The molecule has 1 aliphatic rings. The molecule has 0 bridgehead atoms. The number of halogens is 1. The van der Waals surface area contributed by atoms with Gasteiger partial charge < -0.3 is 10.6 Å². The quantitative estimate of drug-likeness (QED) is 0.815. The summed E-state index contributed by atoms with van der Waals surface area (Å²) in [6.45, 7) is 7.33. The predicted octanol–water partition coefficient (Wildman–Crippen LogP) is 3.71. The molecule has 4 nitrogen and oxygen atoms in total. The highest BCUT2D eigenvalue weighted by Gasteiger charge is 2.26. The van der Waals surface area contributed by atoms with Crippen LogP contribution in [0, 0.1) is 11.7 Å². The third-order valence-corrected chi connectivity index (χ3v) is 5.24. The van der Waals surface area contributed by atoms with Gasteiger partial charge in [0.1, 0.15) is 5.82 Å². The number of urea groups is 1. The van der Waals surface area contributed by atoms with Crippen LogP contribution in [0.3, 0.4) is 0 Å². The molecule has 0 saturated carbocycles. The number of rotatable bonds is 6. The Hall–Kier alpha value is -2.40. The van der Waals surface area contributed by atoms with Crippen LogP contribution < -0.4 is 10.6 Å². The third kappa shape index (κ3) is 5.30. The summed E-state index contributed by atoms with van der Waals surface area (Å²) in [4.78, 5) is 14.6. The Kier molecular flexibility index (Phi) is 6.45. The zero-order valence-electron chi connectivity index (χ0n) is 16.0. The van der Waals surface area contributed by atoms with E-state index >= 15 is 0 Å². The van der Waals surface area contributed by atoms with Crippen LogP contribution in [0.4, 0.5) is 9.18 Å². The number of nitrogens with zero attached hydrogens (tertiary/aromatic N) is 1. The first-order chi connectivity index (χ1) is 13.0. The van der Waals surface area contributed by atoms with Crippen LogP contribution in [0.2, 0.25) is 0 Å². The van der Waals surface area contributed by atoms with Crippen LogP contribution in [0.5, 0.6) is 0 Å². The smallest absolute Gasteiger partial charge is 0.315 e. The van der Waals surface area contributed by atoms with Crippen LogP contribution in [0.25, 0.3) is 0 Å². The van der Waals surface area contributed by atoms with E-state index in [1.807, 2.05) is 0 Å². The Balaban J connectivity index is 1.51. The summed E-state index contributed by atoms with van der Waals surface area (Å²) < 4.78 is 12.9. The minimum Gasteiger partial charge on any atom is -0.337 e. The fraction of sp³-hybridized carbons (Fsp3) is 0.409. The fourth-order valence-corrected chi connectivity index (χ4v) is 3.63. The summed E-state index contributed by atoms with van der Waals surface area (Å²) in [7, 11) is 0. The van der Waals surface area contributed by atoms with Gasteiger partial charge >= 0.3 is 6.03 Å². The number of fused-ring (bicyclic) bond motifs is 1. The van der Waals surface area contributed by atoms with Gasteiger partial charge in [0.25, 0.3) is 0 Å². The van der Waals surface area contributed by atoms with E-state index in [1.165, 1.54) is 23.3 Å². The first kappa shape index (κ1) is 19.4. The molecule has 1 heterocycles. The minimum atomic E-state index is -0.272. The Morgan fingerprint density at radius 2 is 1.78 bits per heavy atom. The Labute approximate surface area is 160 Å².